The first-order valence-electron chi connectivity index (χ1n) is 9.36. The minimum Gasteiger partial charge on any atom is -0.316 e. The Balaban J connectivity index is 2.01. The number of thiophene rings is 1. The number of benzene rings is 1. The molecule has 1 amide bonds. The molecule has 0 spiro atoms. The summed E-state index contributed by atoms with van der Waals surface area (Å²) in [5.41, 5.74) is 3.65. The van der Waals surface area contributed by atoms with Gasteiger partial charge in [-0.15, -0.1) is 22.9 Å². The molecule has 27 heavy (non-hydrogen) atoms. The maximum Gasteiger partial charge on any atom is 0.239 e. The fourth-order valence-electron chi connectivity index (χ4n) is 3.51. The minimum atomic E-state index is -0.277. The van der Waals surface area contributed by atoms with Crippen molar-refractivity contribution in [2.45, 2.75) is 52.4 Å². The number of ketones is 1. The molecule has 144 valence electrons. The van der Waals surface area contributed by atoms with Gasteiger partial charge in [0.15, 0.2) is 5.78 Å². The van der Waals surface area contributed by atoms with Crippen molar-refractivity contribution in [3.63, 3.8) is 0 Å². The Morgan fingerprint density at radius 3 is 2.48 bits per heavy atom. The zero-order chi connectivity index (χ0) is 19.8. The maximum absolute atomic E-state index is 13.3. The quantitative estimate of drug-likeness (QED) is 0.535. The molecule has 1 N–H and O–H groups in total. The third-order valence-corrected chi connectivity index (χ3v) is 6.54. The molecule has 3 nitrogen and oxygen atoms in total. The Morgan fingerprint density at radius 2 is 1.89 bits per heavy atom. The van der Waals surface area contributed by atoms with Crippen LogP contribution in [0.2, 0.25) is 0 Å². The van der Waals surface area contributed by atoms with Crippen molar-refractivity contribution in [2.75, 3.05) is 11.2 Å². The Kier molecular flexibility index (Phi) is 5.78. The van der Waals surface area contributed by atoms with Gasteiger partial charge < -0.3 is 5.32 Å². The monoisotopic (exact) mass is 403 g/mol. The van der Waals surface area contributed by atoms with Crippen LogP contribution in [-0.4, -0.2) is 17.6 Å². The van der Waals surface area contributed by atoms with Gasteiger partial charge in [-0.25, -0.2) is 0 Å². The SMILES string of the molecule is C[C@@H]1CCc2c(sc(NC(=O)CCl)c2C(=O)c2ccc(C(C)(C)C)cc2)C1. The summed E-state index contributed by atoms with van der Waals surface area (Å²) < 4.78 is 0. The molecule has 1 atom stereocenters. The topological polar surface area (TPSA) is 46.2 Å². The molecule has 1 aromatic heterocycles. The number of halogens is 1. The second-order valence-electron chi connectivity index (χ2n) is 8.39. The van der Waals surface area contributed by atoms with Crippen LogP contribution in [0.3, 0.4) is 0 Å². The summed E-state index contributed by atoms with van der Waals surface area (Å²) in [6, 6.07) is 7.83. The highest BCUT2D eigenvalue weighted by atomic mass is 35.5. The standard InChI is InChI=1S/C22H26ClNO2S/c1-13-5-10-16-17(11-13)27-21(24-18(25)12-23)19(16)20(26)14-6-8-15(9-7-14)22(2,3)4/h6-9,13H,5,10-12H2,1-4H3,(H,24,25)/t13-/m1/s1. The lowest BCUT2D eigenvalue weighted by molar-refractivity contribution is -0.113. The molecule has 0 radical (unpaired) electrons. The Bertz CT molecular complexity index is 862. The molecule has 0 unspecified atom stereocenters. The lowest BCUT2D eigenvalue weighted by Crippen LogP contribution is -2.16. The highest BCUT2D eigenvalue weighted by Gasteiger charge is 2.29. The first-order chi connectivity index (χ1) is 12.7. The third-order valence-electron chi connectivity index (χ3n) is 5.13. The fraction of sp³-hybridized carbons (Fsp3) is 0.455. The lowest BCUT2D eigenvalue weighted by atomic mass is 9.85. The van der Waals surface area contributed by atoms with Gasteiger partial charge in [0.25, 0.3) is 0 Å². The van der Waals surface area contributed by atoms with E-state index in [4.69, 9.17) is 11.6 Å². The summed E-state index contributed by atoms with van der Waals surface area (Å²) in [7, 11) is 0. The average molecular weight is 404 g/mol. The van der Waals surface area contributed by atoms with E-state index >= 15 is 0 Å². The van der Waals surface area contributed by atoms with E-state index in [0.29, 0.717) is 22.0 Å². The Morgan fingerprint density at radius 1 is 1.22 bits per heavy atom. The van der Waals surface area contributed by atoms with E-state index < -0.39 is 0 Å². The van der Waals surface area contributed by atoms with Gasteiger partial charge in [-0.1, -0.05) is 52.0 Å². The normalized spacial score (nSPS) is 16.7. The number of carbonyl (C=O) groups excluding carboxylic acids is 2. The molecule has 0 fully saturated rings. The molecule has 0 saturated carbocycles. The Hall–Kier alpha value is -1.65. The summed E-state index contributed by atoms with van der Waals surface area (Å²) in [5, 5.41) is 3.49. The van der Waals surface area contributed by atoms with Crippen molar-refractivity contribution in [2.24, 2.45) is 5.92 Å². The van der Waals surface area contributed by atoms with Crippen molar-refractivity contribution in [3.8, 4) is 0 Å². The number of rotatable bonds is 4. The van der Waals surface area contributed by atoms with E-state index in [2.05, 4.69) is 33.0 Å². The van der Waals surface area contributed by atoms with Crippen LogP contribution in [0.25, 0.3) is 0 Å². The number of amides is 1. The van der Waals surface area contributed by atoms with Crippen LogP contribution in [0.4, 0.5) is 5.00 Å². The highest BCUT2D eigenvalue weighted by molar-refractivity contribution is 7.17. The van der Waals surface area contributed by atoms with Crippen molar-refractivity contribution >= 4 is 39.6 Å². The average Bonchev–Trinajstić information content (AvgIpc) is 2.97. The van der Waals surface area contributed by atoms with Gasteiger partial charge in [0, 0.05) is 10.4 Å². The molecule has 1 aliphatic rings. The molecule has 1 aliphatic carbocycles. The summed E-state index contributed by atoms with van der Waals surface area (Å²) >= 11 is 7.20. The zero-order valence-electron chi connectivity index (χ0n) is 16.3. The number of hydrogen-bond donors (Lipinski definition) is 1. The van der Waals surface area contributed by atoms with Crippen LogP contribution in [0.1, 0.15) is 66.0 Å². The van der Waals surface area contributed by atoms with Gasteiger partial charge in [-0.2, -0.15) is 0 Å². The minimum absolute atomic E-state index is 0.0209. The van der Waals surface area contributed by atoms with Crippen LogP contribution in [0, 0.1) is 5.92 Å². The molecule has 3 rings (SSSR count). The molecule has 0 aliphatic heterocycles. The number of anilines is 1. The molecular formula is C22H26ClNO2S. The van der Waals surface area contributed by atoms with Crippen LogP contribution < -0.4 is 5.32 Å². The van der Waals surface area contributed by atoms with Crippen molar-refractivity contribution in [3.05, 3.63) is 51.4 Å². The highest BCUT2D eigenvalue weighted by Crippen LogP contribution is 2.40. The molecule has 1 aromatic carbocycles. The van der Waals surface area contributed by atoms with Gasteiger partial charge in [0.05, 0.1) is 5.56 Å². The van der Waals surface area contributed by atoms with E-state index in [1.165, 1.54) is 21.8 Å². The fourth-order valence-corrected chi connectivity index (χ4v) is 5.00. The third kappa shape index (κ3) is 4.27. The van der Waals surface area contributed by atoms with Crippen molar-refractivity contribution < 1.29 is 9.59 Å². The molecule has 1 heterocycles. The first-order valence-corrected chi connectivity index (χ1v) is 10.7. The van der Waals surface area contributed by atoms with E-state index in [1.54, 1.807) is 0 Å². The van der Waals surface area contributed by atoms with E-state index in [0.717, 1.165) is 24.8 Å². The van der Waals surface area contributed by atoms with Crippen molar-refractivity contribution in [1.82, 2.24) is 0 Å². The summed E-state index contributed by atoms with van der Waals surface area (Å²) in [4.78, 5) is 26.4. The predicted octanol–water partition coefficient (Wildman–Crippen LogP) is 5.58. The second-order valence-corrected chi connectivity index (χ2v) is 9.77. The molecule has 2 aromatic rings. The largest absolute Gasteiger partial charge is 0.316 e. The summed E-state index contributed by atoms with van der Waals surface area (Å²) in [5.74, 6) is 0.182. The second kappa shape index (κ2) is 7.76. The molecule has 5 heteroatoms. The molecule has 0 saturated heterocycles. The maximum atomic E-state index is 13.3. The predicted molar refractivity (Wildman–Crippen MR) is 113 cm³/mol. The number of nitrogens with one attached hydrogen (secondary N) is 1. The summed E-state index contributed by atoms with van der Waals surface area (Å²) in [6.45, 7) is 8.69. The number of alkyl halides is 1. The lowest BCUT2D eigenvalue weighted by Gasteiger charge is -2.20. The van der Waals surface area contributed by atoms with Crippen LogP contribution in [0.15, 0.2) is 24.3 Å². The zero-order valence-corrected chi connectivity index (χ0v) is 17.9. The van der Waals surface area contributed by atoms with Gasteiger partial charge in [-0.3, -0.25) is 9.59 Å². The number of hydrogen-bond acceptors (Lipinski definition) is 3. The van der Waals surface area contributed by atoms with Gasteiger partial charge in [0.2, 0.25) is 5.91 Å². The van der Waals surface area contributed by atoms with Crippen LogP contribution >= 0.6 is 22.9 Å². The number of carbonyl (C=O) groups is 2. The van der Waals surface area contributed by atoms with Crippen LogP contribution in [0.5, 0.6) is 0 Å². The Labute approximate surface area is 170 Å². The smallest absolute Gasteiger partial charge is 0.239 e. The van der Waals surface area contributed by atoms with Crippen molar-refractivity contribution in [1.29, 1.82) is 0 Å². The van der Waals surface area contributed by atoms with E-state index in [9.17, 15) is 9.59 Å². The first kappa shape index (κ1) is 20.1. The van der Waals surface area contributed by atoms with Gasteiger partial charge in [0.1, 0.15) is 10.9 Å². The molecular weight excluding hydrogens is 378 g/mol. The molecule has 0 bridgehead atoms. The van der Waals surface area contributed by atoms with Crippen LogP contribution in [-0.2, 0) is 23.1 Å². The van der Waals surface area contributed by atoms with Gasteiger partial charge >= 0.3 is 0 Å². The van der Waals surface area contributed by atoms with E-state index in [1.807, 2.05) is 24.3 Å². The van der Waals surface area contributed by atoms with E-state index in [-0.39, 0.29) is 23.0 Å². The van der Waals surface area contributed by atoms with Gasteiger partial charge in [-0.05, 0) is 41.7 Å². The number of fused-ring (bicyclic) bond motifs is 1. The summed E-state index contributed by atoms with van der Waals surface area (Å²) in [6.07, 6.45) is 2.90.